The monoisotopic (exact) mass is 934 g/mol. The number of piperazine rings is 1. The Balaban J connectivity index is 0.757. The summed E-state index contributed by atoms with van der Waals surface area (Å²) in [5.41, 5.74) is 2.33. The molecule has 3 amide bonds. The van der Waals surface area contributed by atoms with Crippen molar-refractivity contribution in [3.05, 3.63) is 102 Å². The van der Waals surface area contributed by atoms with E-state index in [1.54, 1.807) is 18.5 Å². The Morgan fingerprint density at radius 2 is 1.55 bits per heavy atom. The highest BCUT2D eigenvalue weighted by Gasteiger charge is 2.41. The highest BCUT2D eigenvalue weighted by atomic mass is 32.2. The molecule has 0 radical (unpaired) electrons. The third-order valence-electron chi connectivity index (χ3n) is 14.1. The predicted octanol–water partition coefficient (Wildman–Crippen LogP) is 5.55. The number of carbonyl (C=O) groups excluding carboxylic acids is 4. The number of pyridine rings is 2. The fraction of sp³-hybridized carbons (Fsp3) is 0.417. The number of hydrogen-bond donors (Lipinski definition) is 4. The van der Waals surface area contributed by atoms with Crippen LogP contribution in [-0.4, -0.2) is 125 Å². The Labute approximate surface area is 386 Å². The van der Waals surface area contributed by atoms with Gasteiger partial charge in [0.05, 0.1) is 17.8 Å². The Morgan fingerprint density at radius 1 is 0.821 bits per heavy atom. The van der Waals surface area contributed by atoms with Gasteiger partial charge in [-0.3, -0.25) is 34.1 Å². The van der Waals surface area contributed by atoms with E-state index < -0.39 is 44.9 Å². The Hall–Kier alpha value is -6.31. The van der Waals surface area contributed by atoms with Crippen molar-refractivity contribution >= 4 is 61.9 Å². The maximum Gasteiger partial charge on any atom is 0.301 e. The highest BCUT2D eigenvalue weighted by Crippen LogP contribution is 2.35. The van der Waals surface area contributed by atoms with Gasteiger partial charge in [-0.15, -0.1) is 0 Å². The number of H-pyrrole nitrogens is 1. The van der Waals surface area contributed by atoms with E-state index in [0.717, 1.165) is 68.8 Å². The van der Waals surface area contributed by atoms with Gasteiger partial charge < -0.3 is 20.1 Å². The molecule has 67 heavy (non-hydrogen) atoms. The summed E-state index contributed by atoms with van der Waals surface area (Å²) in [5.74, 6) is -2.58. The molecule has 5 saturated heterocycles. The van der Waals surface area contributed by atoms with Crippen LogP contribution in [0.2, 0.25) is 0 Å². The number of hydrogen-bond acceptors (Lipinski definition) is 11. The first kappa shape index (κ1) is 44.5. The molecule has 0 saturated carbocycles. The summed E-state index contributed by atoms with van der Waals surface area (Å²) in [6.45, 7) is 3.96. The number of aromatic nitrogens is 3. The lowest BCUT2D eigenvalue weighted by Gasteiger charge is -2.51. The van der Waals surface area contributed by atoms with Crippen LogP contribution in [0, 0.1) is 11.6 Å². The lowest BCUT2D eigenvalue weighted by molar-refractivity contribution is -0.140. The normalized spacial score (nSPS) is 22.0. The van der Waals surface area contributed by atoms with Crippen LogP contribution in [0.25, 0.3) is 22.2 Å². The average Bonchev–Trinajstić information content (AvgIpc) is 4.03. The summed E-state index contributed by atoms with van der Waals surface area (Å²) in [7, 11) is -4.10. The van der Waals surface area contributed by atoms with Gasteiger partial charge in [0.15, 0.2) is 5.82 Å². The Bertz CT molecular complexity index is 2820. The van der Waals surface area contributed by atoms with E-state index in [2.05, 4.69) is 52.2 Å². The highest BCUT2D eigenvalue weighted by molar-refractivity contribution is 7.90. The summed E-state index contributed by atoms with van der Waals surface area (Å²) in [6.07, 6.45) is 11.6. The molecule has 3 atom stereocenters. The number of fused-ring (bicyclic) bond motifs is 3. The molecule has 5 aliphatic rings. The zero-order chi connectivity index (χ0) is 46.4. The van der Waals surface area contributed by atoms with Gasteiger partial charge in [0.25, 0.3) is 0 Å². The van der Waals surface area contributed by atoms with E-state index in [0.29, 0.717) is 73.4 Å². The van der Waals surface area contributed by atoms with Crippen LogP contribution in [0.15, 0.2) is 73.2 Å². The summed E-state index contributed by atoms with van der Waals surface area (Å²) in [4.78, 5) is 70.3. The first-order chi connectivity index (χ1) is 32.4. The van der Waals surface area contributed by atoms with Gasteiger partial charge in [0.2, 0.25) is 23.5 Å². The molecular formula is C48H52F2N10O6S. The summed E-state index contributed by atoms with van der Waals surface area (Å²) < 4.78 is 60.1. The standard InChI is InChI=1S/C48H52F2N10O6S/c49-38-11-12-39(56-67(65,66)59-18-1-2-19-59)45(50)44(38)46(63)37-25-53-47-36(37)22-32(24-52-47)31-8-14-41(51-23-31)58-26-34-4-3-5-35(27-58)60(34)43(62)28-57-20-16-30(17-21-57)29-6-9-33(10-7-29)54-40-13-15-42(61)55-48(40)64/h6-12,14,22-25,30,34-35,40,54,56H,1-5,13,15-21,26-28H2,(H,52,53)(H,55,61,64). The van der Waals surface area contributed by atoms with Crippen molar-refractivity contribution in [3.63, 3.8) is 0 Å². The minimum atomic E-state index is -4.10. The molecule has 10 rings (SSSR count). The van der Waals surface area contributed by atoms with Crippen LogP contribution >= 0.6 is 0 Å². The van der Waals surface area contributed by atoms with E-state index in [-0.39, 0.29) is 48.5 Å². The van der Waals surface area contributed by atoms with Gasteiger partial charge >= 0.3 is 10.2 Å². The molecular weight excluding hydrogens is 883 g/mol. The number of halogens is 2. The second-order valence-corrected chi connectivity index (χ2v) is 20.0. The number of amides is 3. The number of rotatable bonds is 12. The number of ketones is 1. The lowest BCUT2D eigenvalue weighted by Crippen LogP contribution is -2.64. The number of nitrogens with zero attached hydrogens (tertiary/aromatic N) is 6. The van der Waals surface area contributed by atoms with Crippen LogP contribution in [0.1, 0.15) is 85.2 Å². The molecule has 5 fully saturated rings. The molecule has 2 bridgehead atoms. The van der Waals surface area contributed by atoms with Gasteiger partial charge in [-0.25, -0.2) is 18.7 Å². The van der Waals surface area contributed by atoms with Crippen molar-refractivity contribution in [2.24, 2.45) is 0 Å². The first-order valence-electron chi connectivity index (χ1n) is 23.1. The van der Waals surface area contributed by atoms with Crippen LogP contribution in [0.5, 0.6) is 0 Å². The number of aromatic amines is 1. The van der Waals surface area contributed by atoms with Gasteiger partial charge in [-0.2, -0.15) is 12.7 Å². The van der Waals surface area contributed by atoms with Crippen molar-refractivity contribution in [2.45, 2.75) is 81.8 Å². The van der Waals surface area contributed by atoms with E-state index in [4.69, 9.17) is 4.98 Å². The molecule has 0 aliphatic carbocycles. The second-order valence-electron chi connectivity index (χ2n) is 18.3. The maximum absolute atomic E-state index is 15.8. The molecule has 4 N–H and O–H groups in total. The molecule has 19 heteroatoms. The first-order valence-corrected chi connectivity index (χ1v) is 24.6. The molecule has 16 nitrogen and oxygen atoms in total. The summed E-state index contributed by atoms with van der Waals surface area (Å²) in [5, 5.41) is 5.96. The molecule has 0 spiro atoms. The number of likely N-dealkylation sites (tertiary alicyclic amines) is 1. The largest absolute Gasteiger partial charge is 0.374 e. The smallest absolute Gasteiger partial charge is 0.301 e. The number of benzene rings is 2. The van der Waals surface area contributed by atoms with Crippen molar-refractivity contribution < 1.29 is 36.4 Å². The number of carbonyl (C=O) groups is 4. The third kappa shape index (κ3) is 9.11. The number of imide groups is 1. The zero-order valence-electron chi connectivity index (χ0n) is 36.8. The summed E-state index contributed by atoms with van der Waals surface area (Å²) >= 11 is 0. The third-order valence-corrected chi connectivity index (χ3v) is 15.6. The average molecular weight is 935 g/mol. The Kier molecular flexibility index (Phi) is 12.2. The maximum atomic E-state index is 15.8. The molecule has 8 heterocycles. The van der Waals surface area contributed by atoms with Crippen molar-refractivity contribution in [2.75, 3.05) is 60.8 Å². The molecule has 5 aliphatic heterocycles. The quantitative estimate of drug-likeness (QED) is 0.0906. The number of anilines is 3. The summed E-state index contributed by atoms with van der Waals surface area (Å²) in [6, 6.07) is 15.3. The van der Waals surface area contributed by atoms with E-state index in [1.807, 2.05) is 24.3 Å². The van der Waals surface area contributed by atoms with E-state index in [9.17, 15) is 27.6 Å². The Morgan fingerprint density at radius 3 is 2.25 bits per heavy atom. The van der Waals surface area contributed by atoms with Gasteiger partial charge in [0.1, 0.15) is 23.3 Å². The molecule has 5 aromatic rings. The second kappa shape index (κ2) is 18.4. The van der Waals surface area contributed by atoms with Crippen LogP contribution < -0.4 is 20.3 Å². The zero-order valence-corrected chi connectivity index (χ0v) is 37.7. The van der Waals surface area contributed by atoms with Crippen molar-refractivity contribution in [1.29, 1.82) is 0 Å². The number of nitrogens with one attached hydrogen (secondary N) is 4. The van der Waals surface area contributed by atoms with Crippen LogP contribution in [0.3, 0.4) is 0 Å². The molecule has 350 valence electrons. The van der Waals surface area contributed by atoms with Gasteiger partial charge in [-0.1, -0.05) is 12.1 Å². The van der Waals surface area contributed by atoms with Crippen molar-refractivity contribution in [3.8, 4) is 11.1 Å². The van der Waals surface area contributed by atoms with Crippen LogP contribution in [0.4, 0.5) is 26.0 Å². The van der Waals surface area contributed by atoms with E-state index >= 15 is 8.78 Å². The predicted molar refractivity (Wildman–Crippen MR) is 248 cm³/mol. The molecule has 3 unspecified atom stereocenters. The number of piperidine rings is 3. The topological polar surface area (TPSA) is 193 Å². The fourth-order valence-electron chi connectivity index (χ4n) is 10.5. The SMILES string of the molecule is O=C1CCC(Nc2ccc(C3CCN(CC(=O)N4C5CCCC4CN(c4ccc(-c6cnc7[nH]cc(C(=O)c8c(F)ccc(NS(=O)(=O)N9CCCC9)c8F)c7c6)cn4)C5)CC3)cc2)C(=O)N1. The minimum absolute atomic E-state index is 0.0278. The fourth-order valence-corrected chi connectivity index (χ4v) is 11.8. The van der Waals surface area contributed by atoms with Crippen LogP contribution in [-0.2, 0) is 24.6 Å². The van der Waals surface area contributed by atoms with Gasteiger partial charge in [-0.05, 0) is 118 Å². The van der Waals surface area contributed by atoms with E-state index in [1.165, 1.54) is 16.1 Å². The molecule has 2 aromatic carbocycles. The van der Waals surface area contributed by atoms with Crippen molar-refractivity contribution in [1.82, 2.24) is 34.4 Å². The van der Waals surface area contributed by atoms with Gasteiger partial charge in [0, 0.05) is 91.0 Å². The molecule has 3 aromatic heterocycles. The minimum Gasteiger partial charge on any atom is -0.374 e. The lowest BCUT2D eigenvalue weighted by atomic mass is 9.89.